The fourth-order valence-corrected chi connectivity index (χ4v) is 1.65. The zero-order valence-corrected chi connectivity index (χ0v) is 10.9. The first-order valence-electron chi connectivity index (χ1n) is 6.11. The van der Waals surface area contributed by atoms with E-state index in [2.05, 4.69) is 15.3 Å². The number of nitro benzene ring substituents is 1. The minimum atomic E-state index is -0.429. The van der Waals surface area contributed by atoms with Gasteiger partial charge in [0, 0.05) is 24.7 Å². The Morgan fingerprint density at radius 1 is 1.53 bits per heavy atom. The zero-order chi connectivity index (χ0) is 14.0. The molecule has 0 fully saturated rings. The predicted molar refractivity (Wildman–Crippen MR) is 74.1 cm³/mol. The summed E-state index contributed by atoms with van der Waals surface area (Å²) in [7, 11) is 0. The molecule has 1 atom stereocenters. The third-order valence-corrected chi connectivity index (χ3v) is 3.04. The van der Waals surface area contributed by atoms with Crippen molar-refractivity contribution in [1.82, 2.24) is 9.97 Å². The van der Waals surface area contributed by atoms with Crippen LogP contribution >= 0.6 is 0 Å². The number of rotatable bonds is 5. The van der Waals surface area contributed by atoms with Crippen LogP contribution in [0, 0.1) is 16.0 Å². The molecule has 19 heavy (non-hydrogen) atoms. The van der Waals surface area contributed by atoms with Gasteiger partial charge in [0.15, 0.2) is 0 Å². The molecule has 2 aromatic rings. The van der Waals surface area contributed by atoms with Crippen LogP contribution in [0.1, 0.15) is 13.8 Å². The first kappa shape index (κ1) is 13.3. The number of hydrogen-bond acceptors (Lipinski definition) is 5. The number of anilines is 1. The lowest BCUT2D eigenvalue weighted by Crippen LogP contribution is -2.34. The maximum atomic E-state index is 10.7. The van der Waals surface area contributed by atoms with E-state index in [1.165, 1.54) is 12.1 Å². The van der Waals surface area contributed by atoms with Crippen LogP contribution in [0.2, 0.25) is 0 Å². The number of fused-ring (bicyclic) bond motifs is 1. The van der Waals surface area contributed by atoms with Gasteiger partial charge < -0.3 is 16.0 Å². The van der Waals surface area contributed by atoms with Gasteiger partial charge >= 0.3 is 0 Å². The summed E-state index contributed by atoms with van der Waals surface area (Å²) < 4.78 is 0. The molecule has 1 unspecified atom stereocenters. The summed E-state index contributed by atoms with van der Waals surface area (Å²) in [6.45, 7) is 4.70. The van der Waals surface area contributed by atoms with Crippen LogP contribution in [-0.4, -0.2) is 27.5 Å². The van der Waals surface area contributed by atoms with Crippen LogP contribution in [0.4, 0.5) is 11.6 Å². The van der Waals surface area contributed by atoms with Crippen molar-refractivity contribution in [3.63, 3.8) is 0 Å². The molecule has 1 heterocycles. The Balaban J connectivity index is 2.15. The number of nitrogens with one attached hydrogen (secondary N) is 2. The van der Waals surface area contributed by atoms with Crippen molar-refractivity contribution in [2.45, 2.75) is 19.9 Å². The lowest BCUT2D eigenvalue weighted by Gasteiger charge is -2.15. The third kappa shape index (κ3) is 3.00. The maximum Gasteiger partial charge on any atom is 0.271 e. The quantitative estimate of drug-likeness (QED) is 0.563. The van der Waals surface area contributed by atoms with Gasteiger partial charge in [-0.2, -0.15) is 0 Å². The number of aromatic nitrogens is 2. The fourth-order valence-electron chi connectivity index (χ4n) is 1.65. The number of hydrogen-bond donors (Lipinski definition) is 3. The van der Waals surface area contributed by atoms with Gasteiger partial charge in [0.1, 0.15) is 0 Å². The smallest absolute Gasteiger partial charge is 0.271 e. The van der Waals surface area contributed by atoms with Crippen molar-refractivity contribution < 1.29 is 4.92 Å². The second-order valence-corrected chi connectivity index (χ2v) is 4.83. The summed E-state index contributed by atoms with van der Waals surface area (Å²) in [5.74, 6) is 0.949. The van der Waals surface area contributed by atoms with E-state index in [1.54, 1.807) is 6.07 Å². The van der Waals surface area contributed by atoms with Gasteiger partial charge in [-0.25, -0.2) is 4.98 Å². The van der Waals surface area contributed by atoms with Gasteiger partial charge in [-0.05, 0) is 12.0 Å². The van der Waals surface area contributed by atoms with Crippen LogP contribution in [0.15, 0.2) is 18.2 Å². The highest BCUT2D eigenvalue weighted by atomic mass is 16.6. The third-order valence-electron chi connectivity index (χ3n) is 3.04. The second-order valence-electron chi connectivity index (χ2n) is 4.83. The highest BCUT2D eigenvalue weighted by Crippen LogP contribution is 2.20. The SMILES string of the molecule is CC(C)C(N)CNc1nc2ccc([N+](=O)[O-])cc2[nH]1. The molecule has 1 aromatic carbocycles. The van der Waals surface area contributed by atoms with Crippen molar-refractivity contribution >= 4 is 22.7 Å². The van der Waals surface area contributed by atoms with Gasteiger partial charge in [-0.3, -0.25) is 10.1 Å². The first-order valence-corrected chi connectivity index (χ1v) is 6.11. The molecule has 0 radical (unpaired) electrons. The van der Waals surface area contributed by atoms with Crippen LogP contribution < -0.4 is 11.1 Å². The van der Waals surface area contributed by atoms with Crippen molar-refractivity contribution in [1.29, 1.82) is 0 Å². The Hall–Kier alpha value is -2.15. The van der Waals surface area contributed by atoms with Gasteiger partial charge in [-0.15, -0.1) is 0 Å². The molecule has 102 valence electrons. The molecule has 0 spiro atoms. The van der Waals surface area contributed by atoms with E-state index in [0.717, 1.165) is 0 Å². The molecule has 0 aliphatic carbocycles. The number of nitrogens with two attached hydrogens (primary N) is 1. The molecule has 0 bridgehead atoms. The molecule has 0 aliphatic heterocycles. The van der Waals surface area contributed by atoms with Crippen molar-refractivity contribution in [3.05, 3.63) is 28.3 Å². The van der Waals surface area contributed by atoms with Crippen LogP contribution in [0.25, 0.3) is 11.0 Å². The van der Waals surface area contributed by atoms with Gasteiger partial charge in [0.2, 0.25) is 5.95 Å². The van der Waals surface area contributed by atoms with E-state index in [4.69, 9.17) is 5.73 Å². The minimum Gasteiger partial charge on any atom is -0.354 e. The average molecular weight is 263 g/mol. The summed E-state index contributed by atoms with van der Waals surface area (Å²) in [6.07, 6.45) is 0. The Kier molecular flexibility index (Phi) is 3.66. The van der Waals surface area contributed by atoms with E-state index in [0.29, 0.717) is 29.4 Å². The van der Waals surface area contributed by atoms with E-state index in [-0.39, 0.29) is 11.7 Å². The molecule has 0 aliphatic rings. The summed E-state index contributed by atoms with van der Waals surface area (Å²) >= 11 is 0. The molecule has 4 N–H and O–H groups in total. The average Bonchev–Trinajstić information content (AvgIpc) is 2.77. The summed E-state index contributed by atoms with van der Waals surface area (Å²) in [4.78, 5) is 17.6. The fraction of sp³-hybridized carbons (Fsp3) is 0.417. The molecule has 0 saturated carbocycles. The van der Waals surface area contributed by atoms with E-state index < -0.39 is 4.92 Å². The predicted octanol–water partition coefficient (Wildman–Crippen LogP) is 1.87. The standard InChI is InChI=1S/C12H17N5O2/c1-7(2)9(13)6-14-12-15-10-4-3-8(17(18)19)5-11(10)16-12/h3-5,7,9H,6,13H2,1-2H3,(H2,14,15,16). The zero-order valence-electron chi connectivity index (χ0n) is 10.9. The molecule has 7 nitrogen and oxygen atoms in total. The number of nitro groups is 1. The monoisotopic (exact) mass is 263 g/mol. The van der Waals surface area contributed by atoms with Gasteiger partial charge in [-0.1, -0.05) is 13.8 Å². The topological polar surface area (TPSA) is 110 Å². The highest BCUT2D eigenvalue weighted by Gasteiger charge is 2.11. The number of benzene rings is 1. The molecular weight excluding hydrogens is 246 g/mol. The van der Waals surface area contributed by atoms with Crippen LogP contribution in [0.5, 0.6) is 0 Å². The normalized spacial score (nSPS) is 12.8. The van der Waals surface area contributed by atoms with E-state index >= 15 is 0 Å². The van der Waals surface area contributed by atoms with Crippen LogP contribution in [-0.2, 0) is 0 Å². The number of H-pyrrole nitrogens is 1. The number of aromatic amines is 1. The number of imidazole rings is 1. The van der Waals surface area contributed by atoms with E-state index in [9.17, 15) is 10.1 Å². The summed E-state index contributed by atoms with van der Waals surface area (Å²) in [5.41, 5.74) is 7.29. The van der Waals surface area contributed by atoms with Crippen molar-refractivity contribution in [2.75, 3.05) is 11.9 Å². The van der Waals surface area contributed by atoms with E-state index in [1.807, 2.05) is 13.8 Å². The van der Waals surface area contributed by atoms with Crippen molar-refractivity contribution in [2.24, 2.45) is 11.7 Å². The summed E-state index contributed by atoms with van der Waals surface area (Å²) in [5, 5.41) is 13.8. The maximum absolute atomic E-state index is 10.7. The Bertz CT molecular complexity index is 593. The molecule has 7 heteroatoms. The Morgan fingerprint density at radius 2 is 2.26 bits per heavy atom. The molecular formula is C12H17N5O2. The largest absolute Gasteiger partial charge is 0.354 e. The molecule has 1 aromatic heterocycles. The second kappa shape index (κ2) is 5.23. The number of non-ortho nitro benzene ring substituents is 1. The Labute approximate surface area is 110 Å². The molecule has 0 saturated heterocycles. The number of nitrogens with zero attached hydrogens (tertiary/aromatic N) is 2. The first-order chi connectivity index (χ1) is 8.97. The lowest BCUT2D eigenvalue weighted by molar-refractivity contribution is -0.384. The van der Waals surface area contributed by atoms with Crippen molar-refractivity contribution in [3.8, 4) is 0 Å². The van der Waals surface area contributed by atoms with Gasteiger partial charge in [0.05, 0.1) is 16.0 Å². The van der Waals surface area contributed by atoms with Crippen LogP contribution in [0.3, 0.4) is 0 Å². The molecule has 0 amide bonds. The summed E-state index contributed by atoms with van der Waals surface area (Å²) in [6, 6.07) is 4.56. The minimum absolute atomic E-state index is 0.0301. The Morgan fingerprint density at radius 3 is 2.89 bits per heavy atom. The lowest BCUT2D eigenvalue weighted by atomic mass is 10.1. The molecule has 2 rings (SSSR count). The highest BCUT2D eigenvalue weighted by molar-refractivity contribution is 5.79. The van der Waals surface area contributed by atoms with Gasteiger partial charge in [0.25, 0.3) is 5.69 Å².